The van der Waals surface area contributed by atoms with Gasteiger partial charge in [-0.15, -0.1) is 0 Å². The standard InChI is InChI=1S/C27H36N6O2/c1-3-33(4-2)15-8-16-35-26-14-12-21(18-29-26)20-11-13-23-24(17-20)31-25(19-28-23)32-27(34)30-22-9-6-5-7-10-22/h11-14,17-19,22H,3-10,15-16H2,1-2H3,(H2,30,31,32,34). The summed E-state index contributed by atoms with van der Waals surface area (Å²) in [7, 11) is 0. The highest BCUT2D eigenvalue weighted by Crippen LogP contribution is 2.24. The van der Waals surface area contributed by atoms with Gasteiger partial charge in [-0.05, 0) is 56.1 Å². The van der Waals surface area contributed by atoms with Crippen LogP contribution in [0.4, 0.5) is 10.6 Å². The van der Waals surface area contributed by atoms with E-state index < -0.39 is 0 Å². The molecule has 0 radical (unpaired) electrons. The van der Waals surface area contributed by atoms with Crippen molar-refractivity contribution >= 4 is 22.9 Å². The number of pyridine rings is 1. The fourth-order valence-corrected chi connectivity index (χ4v) is 4.48. The minimum Gasteiger partial charge on any atom is -0.478 e. The highest BCUT2D eigenvalue weighted by molar-refractivity contribution is 5.90. The maximum atomic E-state index is 12.4. The van der Waals surface area contributed by atoms with Crippen LogP contribution in [-0.2, 0) is 0 Å². The first kappa shape index (κ1) is 24.9. The van der Waals surface area contributed by atoms with E-state index in [1.807, 2.05) is 36.5 Å². The quantitative estimate of drug-likeness (QED) is 0.388. The molecule has 1 aliphatic rings. The average Bonchev–Trinajstić information content (AvgIpc) is 2.89. The number of urea groups is 1. The fourth-order valence-electron chi connectivity index (χ4n) is 4.48. The SMILES string of the molecule is CCN(CC)CCCOc1ccc(-c2ccc3ncc(NC(=O)NC4CCCCC4)nc3c2)cn1. The smallest absolute Gasteiger partial charge is 0.320 e. The van der Waals surface area contributed by atoms with Gasteiger partial charge in [-0.3, -0.25) is 10.3 Å². The Bertz CT molecular complexity index is 1090. The third kappa shape index (κ3) is 7.11. The summed E-state index contributed by atoms with van der Waals surface area (Å²) in [6.45, 7) is 8.15. The molecular weight excluding hydrogens is 440 g/mol. The molecule has 0 bridgehead atoms. The van der Waals surface area contributed by atoms with Crippen molar-refractivity contribution in [3.8, 4) is 17.0 Å². The number of carbonyl (C=O) groups excluding carboxylic acids is 1. The van der Waals surface area contributed by atoms with E-state index in [4.69, 9.17) is 4.74 Å². The lowest BCUT2D eigenvalue weighted by molar-refractivity contribution is 0.244. The number of amides is 2. The van der Waals surface area contributed by atoms with Crippen molar-refractivity contribution in [2.24, 2.45) is 0 Å². The van der Waals surface area contributed by atoms with E-state index in [0.29, 0.717) is 18.3 Å². The van der Waals surface area contributed by atoms with Crippen LogP contribution in [0, 0.1) is 0 Å². The highest BCUT2D eigenvalue weighted by Gasteiger charge is 2.16. The van der Waals surface area contributed by atoms with Crippen LogP contribution in [0.25, 0.3) is 22.2 Å². The van der Waals surface area contributed by atoms with E-state index in [9.17, 15) is 4.79 Å². The molecule has 186 valence electrons. The summed E-state index contributed by atoms with van der Waals surface area (Å²) in [5, 5.41) is 5.88. The number of anilines is 1. The summed E-state index contributed by atoms with van der Waals surface area (Å²) in [6.07, 6.45) is 10.0. The van der Waals surface area contributed by atoms with Gasteiger partial charge in [-0.2, -0.15) is 0 Å². The minimum absolute atomic E-state index is 0.224. The first-order valence-electron chi connectivity index (χ1n) is 12.8. The number of benzene rings is 1. The number of hydrogen-bond donors (Lipinski definition) is 2. The summed E-state index contributed by atoms with van der Waals surface area (Å²) in [5.41, 5.74) is 3.44. The van der Waals surface area contributed by atoms with Crippen molar-refractivity contribution in [1.82, 2.24) is 25.2 Å². The topological polar surface area (TPSA) is 92.3 Å². The Kier molecular flexibility index (Phi) is 8.84. The molecule has 2 amide bonds. The zero-order valence-corrected chi connectivity index (χ0v) is 20.8. The van der Waals surface area contributed by atoms with Crippen molar-refractivity contribution < 1.29 is 9.53 Å². The van der Waals surface area contributed by atoms with Gasteiger partial charge in [0.2, 0.25) is 5.88 Å². The first-order chi connectivity index (χ1) is 17.1. The molecule has 1 saturated carbocycles. The predicted molar refractivity (Wildman–Crippen MR) is 140 cm³/mol. The van der Waals surface area contributed by atoms with Crippen LogP contribution in [0.2, 0.25) is 0 Å². The molecule has 2 N–H and O–H groups in total. The van der Waals surface area contributed by atoms with Gasteiger partial charge >= 0.3 is 6.03 Å². The first-order valence-corrected chi connectivity index (χ1v) is 12.8. The minimum atomic E-state index is -0.224. The van der Waals surface area contributed by atoms with Gasteiger partial charge in [-0.1, -0.05) is 39.2 Å². The van der Waals surface area contributed by atoms with Crippen LogP contribution in [0.5, 0.6) is 5.88 Å². The van der Waals surface area contributed by atoms with Gasteiger partial charge in [0, 0.05) is 30.4 Å². The molecule has 1 aliphatic carbocycles. The number of hydrogen-bond acceptors (Lipinski definition) is 6. The molecule has 0 spiro atoms. The van der Waals surface area contributed by atoms with Crippen molar-refractivity contribution in [2.75, 3.05) is 31.6 Å². The average molecular weight is 477 g/mol. The molecule has 0 atom stereocenters. The maximum absolute atomic E-state index is 12.4. The van der Waals surface area contributed by atoms with Gasteiger partial charge in [0.1, 0.15) is 0 Å². The Morgan fingerprint density at radius 1 is 1.00 bits per heavy atom. The Morgan fingerprint density at radius 2 is 1.80 bits per heavy atom. The van der Waals surface area contributed by atoms with Gasteiger partial charge in [0.25, 0.3) is 0 Å². The Morgan fingerprint density at radius 3 is 2.54 bits per heavy atom. The van der Waals surface area contributed by atoms with E-state index in [1.165, 1.54) is 19.3 Å². The molecule has 1 fully saturated rings. The van der Waals surface area contributed by atoms with Crippen molar-refractivity contribution in [2.45, 2.75) is 58.4 Å². The molecule has 2 aromatic heterocycles. The number of aromatic nitrogens is 3. The van der Waals surface area contributed by atoms with E-state index >= 15 is 0 Å². The van der Waals surface area contributed by atoms with Crippen LogP contribution in [-0.4, -0.2) is 58.2 Å². The van der Waals surface area contributed by atoms with Gasteiger partial charge < -0.3 is 15.0 Å². The number of nitrogens with one attached hydrogen (secondary N) is 2. The van der Waals surface area contributed by atoms with Crippen molar-refractivity contribution in [3.05, 3.63) is 42.7 Å². The largest absolute Gasteiger partial charge is 0.478 e. The molecule has 0 unspecified atom stereocenters. The molecule has 8 nitrogen and oxygen atoms in total. The molecule has 8 heteroatoms. The predicted octanol–water partition coefficient (Wildman–Crippen LogP) is 5.26. The van der Waals surface area contributed by atoms with Crippen molar-refractivity contribution in [3.63, 3.8) is 0 Å². The number of carbonyl (C=O) groups is 1. The third-order valence-corrected chi connectivity index (χ3v) is 6.56. The fraction of sp³-hybridized carbons (Fsp3) is 0.481. The molecule has 35 heavy (non-hydrogen) atoms. The van der Waals surface area contributed by atoms with Crippen LogP contribution in [0.3, 0.4) is 0 Å². The monoisotopic (exact) mass is 476 g/mol. The second kappa shape index (κ2) is 12.4. The van der Waals surface area contributed by atoms with E-state index in [-0.39, 0.29) is 12.1 Å². The van der Waals surface area contributed by atoms with E-state index in [2.05, 4.69) is 44.3 Å². The summed E-state index contributed by atoms with van der Waals surface area (Å²) in [5.74, 6) is 1.07. The lowest BCUT2D eigenvalue weighted by atomic mass is 9.96. The normalized spacial score (nSPS) is 14.3. The van der Waals surface area contributed by atoms with Gasteiger partial charge in [0.15, 0.2) is 5.82 Å². The molecular formula is C27H36N6O2. The van der Waals surface area contributed by atoms with E-state index in [1.54, 1.807) is 6.20 Å². The van der Waals surface area contributed by atoms with Gasteiger partial charge in [0.05, 0.1) is 23.8 Å². The van der Waals surface area contributed by atoms with Crippen LogP contribution < -0.4 is 15.4 Å². The Hall–Kier alpha value is -3.26. The maximum Gasteiger partial charge on any atom is 0.320 e. The lowest BCUT2D eigenvalue weighted by Gasteiger charge is -2.22. The number of nitrogens with zero attached hydrogens (tertiary/aromatic N) is 4. The summed E-state index contributed by atoms with van der Waals surface area (Å²) in [4.78, 5) is 28.3. The summed E-state index contributed by atoms with van der Waals surface area (Å²) >= 11 is 0. The molecule has 0 saturated heterocycles. The van der Waals surface area contributed by atoms with Gasteiger partial charge in [-0.25, -0.2) is 14.8 Å². The highest BCUT2D eigenvalue weighted by atomic mass is 16.5. The number of ether oxygens (including phenoxy) is 1. The Balaban J connectivity index is 1.36. The number of fused-ring (bicyclic) bond motifs is 1. The molecule has 4 rings (SSSR count). The molecule has 0 aliphatic heterocycles. The summed E-state index contributed by atoms with van der Waals surface area (Å²) < 4.78 is 5.81. The van der Waals surface area contributed by atoms with Crippen LogP contribution in [0.1, 0.15) is 52.4 Å². The second-order valence-electron chi connectivity index (χ2n) is 9.01. The lowest BCUT2D eigenvalue weighted by Crippen LogP contribution is -2.39. The second-order valence-corrected chi connectivity index (χ2v) is 9.01. The molecule has 3 aromatic rings. The van der Waals surface area contributed by atoms with Crippen LogP contribution in [0.15, 0.2) is 42.7 Å². The number of rotatable bonds is 10. The summed E-state index contributed by atoms with van der Waals surface area (Å²) in [6, 6.07) is 9.82. The zero-order chi connectivity index (χ0) is 24.5. The molecule has 2 heterocycles. The third-order valence-electron chi connectivity index (χ3n) is 6.56. The molecule has 1 aromatic carbocycles. The Labute approximate surface area is 207 Å². The van der Waals surface area contributed by atoms with Crippen LogP contribution >= 0.6 is 0 Å². The zero-order valence-electron chi connectivity index (χ0n) is 20.8. The van der Waals surface area contributed by atoms with Crippen molar-refractivity contribution in [1.29, 1.82) is 0 Å². The van der Waals surface area contributed by atoms with E-state index in [0.717, 1.165) is 61.1 Å².